The van der Waals surface area contributed by atoms with E-state index >= 15 is 0 Å². The quantitative estimate of drug-likeness (QED) is 0.738. The molecule has 94 valence electrons. The van der Waals surface area contributed by atoms with E-state index < -0.39 is 5.97 Å². The monoisotopic (exact) mass is 235 g/mol. The minimum absolute atomic E-state index is 0.365. The fourth-order valence-corrected chi connectivity index (χ4v) is 1.83. The zero-order chi connectivity index (χ0) is 12.7. The average Bonchev–Trinajstić information content (AvgIpc) is 2.29. The number of hydrogen-bond acceptors (Lipinski definition) is 2. The van der Waals surface area contributed by atoms with Crippen molar-refractivity contribution in [1.29, 1.82) is 0 Å². The molecule has 1 rings (SSSR count). The smallest absolute Gasteiger partial charge is 0.335 e. The van der Waals surface area contributed by atoms with Crippen molar-refractivity contribution >= 4 is 5.97 Å². The summed E-state index contributed by atoms with van der Waals surface area (Å²) < 4.78 is 0. The molecule has 0 saturated carbocycles. The molecule has 0 aliphatic heterocycles. The number of hydrogen-bond donors (Lipinski definition) is 1. The predicted octanol–water partition coefficient (Wildman–Crippen LogP) is 3.01. The largest absolute Gasteiger partial charge is 0.478 e. The molecule has 0 aliphatic carbocycles. The summed E-state index contributed by atoms with van der Waals surface area (Å²) in [5.74, 6) is -0.861. The van der Waals surface area contributed by atoms with Crippen molar-refractivity contribution in [2.45, 2.75) is 32.7 Å². The first-order valence-electron chi connectivity index (χ1n) is 6.14. The third-order valence-corrected chi connectivity index (χ3v) is 2.77. The number of aromatic carboxylic acids is 1. The van der Waals surface area contributed by atoms with E-state index in [0.717, 1.165) is 18.7 Å². The van der Waals surface area contributed by atoms with Crippen LogP contribution in [-0.2, 0) is 6.54 Å². The first kappa shape index (κ1) is 13.7. The van der Waals surface area contributed by atoms with Crippen LogP contribution in [-0.4, -0.2) is 29.6 Å². The third-order valence-electron chi connectivity index (χ3n) is 2.77. The van der Waals surface area contributed by atoms with Crippen LogP contribution in [0.25, 0.3) is 0 Å². The van der Waals surface area contributed by atoms with E-state index in [4.69, 9.17) is 5.11 Å². The van der Waals surface area contributed by atoms with E-state index in [1.165, 1.54) is 19.3 Å². The number of benzene rings is 1. The molecule has 0 aliphatic rings. The second-order valence-corrected chi connectivity index (χ2v) is 4.45. The summed E-state index contributed by atoms with van der Waals surface area (Å²) in [6.07, 6.45) is 3.67. The first-order valence-corrected chi connectivity index (χ1v) is 6.14. The van der Waals surface area contributed by atoms with Crippen molar-refractivity contribution in [3.63, 3.8) is 0 Å². The van der Waals surface area contributed by atoms with Crippen LogP contribution in [0, 0.1) is 0 Å². The highest BCUT2D eigenvalue weighted by Crippen LogP contribution is 2.08. The van der Waals surface area contributed by atoms with Crippen LogP contribution in [0.2, 0.25) is 0 Å². The average molecular weight is 235 g/mol. The van der Waals surface area contributed by atoms with Gasteiger partial charge in [0, 0.05) is 6.54 Å². The summed E-state index contributed by atoms with van der Waals surface area (Å²) >= 11 is 0. The van der Waals surface area contributed by atoms with Gasteiger partial charge in [0.25, 0.3) is 0 Å². The van der Waals surface area contributed by atoms with E-state index in [2.05, 4.69) is 18.9 Å². The van der Waals surface area contributed by atoms with Gasteiger partial charge in [-0.15, -0.1) is 0 Å². The second kappa shape index (κ2) is 7.07. The highest BCUT2D eigenvalue weighted by atomic mass is 16.4. The minimum atomic E-state index is -0.861. The molecule has 0 bridgehead atoms. The van der Waals surface area contributed by atoms with Gasteiger partial charge in [-0.05, 0) is 37.7 Å². The van der Waals surface area contributed by atoms with Crippen molar-refractivity contribution in [2.75, 3.05) is 13.6 Å². The molecule has 17 heavy (non-hydrogen) atoms. The van der Waals surface area contributed by atoms with E-state index in [-0.39, 0.29) is 0 Å². The van der Waals surface area contributed by atoms with E-state index in [9.17, 15) is 4.79 Å². The number of carboxylic acid groups (broad SMARTS) is 1. The lowest BCUT2D eigenvalue weighted by molar-refractivity contribution is 0.0696. The normalized spacial score (nSPS) is 10.8. The lowest BCUT2D eigenvalue weighted by atomic mass is 10.1. The molecule has 0 saturated heterocycles. The van der Waals surface area contributed by atoms with Crippen LogP contribution in [0.4, 0.5) is 0 Å². The molecular formula is C14H21NO2. The van der Waals surface area contributed by atoms with Crippen molar-refractivity contribution < 1.29 is 9.90 Å². The summed E-state index contributed by atoms with van der Waals surface area (Å²) in [6, 6.07) is 7.16. The summed E-state index contributed by atoms with van der Waals surface area (Å²) in [4.78, 5) is 13.1. The maximum atomic E-state index is 10.8. The van der Waals surface area contributed by atoms with Crippen LogP contribution in [0.5, 0.6) is 0 Å². The number of unbranched alkanes of at least 4 members (excludes halogenated alkanes) is 2. The van der Waals surface area contributed by atoms with Crippen molar-refractivity contribution in [2.24, 2.45) is 0 Å². The van der Waals surface area contributed by atoms with Crippen LogP contribution in [0.15, 0.2) is 24.3 Å². The van der Waals surface area contributed by atoms with Gasteiger partial charge in [0.1, 0.15) is 0 Å². The molecule has 3 heteroatoms. The van der Waals surface area contributed by atoms with Crippen LogP contribution in [0.3, 0.4) is 0 Å². The third kappa shape index (κ3) is 5.00. The van der Waals surface area contributed by atoms with Crippen LogP contribution >= 0.6 is 0 Å². The van der Waals surface area contributed by atoms with E-state index in [1.54, 1.807) is 18.2 Å². The van der Waals surface area contributed by atoms with Gasteiger partial charge >= 0.3 is 5.97 Å². The molecule has 0 heterocycles. The molecule has 0 radical (unpaired) electrons. The SMILES string of the molecule is CCCCCN(C)Cc1cccc(C(=O)O)c1. The molecule has 1 aromatic carbocycles. The Morgan fingerprint density at radius 3 is 2.76 bits per heavy atom. The standard InChI is InChI=1S/C14H21NO2/c1-3-4-5-9-15(2)11-12-7-6-8-13(10-12)14(16)17/h6-8,10H,3-5,9,11H2,1-2H3,(H,16,17). The Morgan fingerprint density at radius 1 is 1.35 bits per heavy atom. The molecular weight excluding hydrogens is 214 g/mol. The Balaban J connectivity index is 2.50. The van der Waals surface area contributed by atoms with E-state index in [0.29, 0.717) is 5.56 Å². The van der Waals surface area contributed by atoms with Gasteiger partial charge in [-0.1, -0.05) is 31.9 Å². The van der Waals surface area contributed by atoms with Crippen molar-refractivity contribution in [1.82, 2.24) is 4.90 Å². The fraction of sp³-hybridized carbons (Fsp3) is 0.500. The summed E-state index contributed by atoms with van der Waals surface area (Å²) in [5, 5.41) is 8.90. The van der Waals surface area contributed by atoms with Gasteiger partial charge in [0.05, 0.1) is 5.56 Å². The Hall–Kier alpha value is -1.35. The minimum Gasteiger partial charge on any atom is -0.478 e. The maximum absolute atomic E-state index is 10.8. The maximum Gasteiger partial charge on any atom is 0.335 e. The zero-order valence-corrected chi connectivity index (χ0v) is 10.6. The number of carboxylic acids is 1. The van der Waals surface area contributed by atoms with Crippen molar-refractivity contribution in [3.8, 4) is 0 Å². The Bertz CT molecular complexity index is 363. The van der Waals surface area contributed by atoms with Gasteiger partial charge in [-0.3, -0.25) is 0 Å². The first-order chi connectivity index (χ1) is 8.13. The zero-order valence-electron chi connectivity index (χ0n) is 10.6. The highest BCUT2D eigenvalue weighted by molar-refractivity contribution is 5.87. The summed E-state index contributed by atoms with van der Waals surface area (Å²) in [7, 11) is 2.07. The van der Waals surface area contributed by atoms with Crippen LogP contribution in [0.1, 0.15) is 42.1 Å². The summed E-state index contributed by atoms with van der Waals surface area (Å²) in [6.45, 7) is 4.06. The lowest BCUT2D eigenvalue weighted by Gasteiger charge is -2.16. The van der Waals surface area contributed by atoms with Gasteiger partial charge in [0.2, 0.25) is 0 Å². The molecule has 0 amide bonds. The Morgan fingerprint density at radius 2 is 2.12 bits per heavy atom. The molecule has 0 atom stereocenters. The highest BCUT2D eigenvalue weighted by Gasteiger charge is 2.05. The molecule has 3 nitrogen and oxygen atoms in total. The number of rotatable bonds is 7. The van der Waals surface area contributed by atoms with E-state index in [1.807, 2.05) is 6.07 Å². The molecule has 0 aromatic heterocycles. The van der Waals surface area contributed by atoms with Crippen LogP contribution < -0.4 is 0 Å². The molecule has 0 unspecified atom stereocenters. The molecule has 1 N–H and O–H groups in total. The fourth-order valence-electron chi connectivity index (χ4n) is 1.83. The summed E-state index contributed by atoms with van der Waals surface area (Å²) in [5.41, 5.74) is 1.42. The van der Waals surface area contributed by atoms with Gasteiger partial charge in [-0.2, -0.15) is 0 Å². The van der Waals surface area contributed by atoms with Gasteiger partial charge < -0.3 is 10.0 Å². The molecule has 0 spiro atoms. The predicted molar refractivity (Wildman–Crippen MR) is 69.3 cm³/mol. The van der Waals surface area contributed by atoms with Gasteiger partial charge in [0.15, 0.2) is 0 Å². The topological polar surface area (TPSA) is 40.5 Å². The Kier molecular flexibility index (Phi) is 5.70. The molecule has 0 fully saturated rings. The number of carbonyl (C=O) groups is 1. The van der Waals surface area contributed by atoms with Gasteiger partial charge in [-0.25, -0.2) is 4.79 Å². The van der Waals surface area contributed by atoms with Crippen molar-refractivity contribution in [3.05, 3.63) is 35.4 Å². The lowest BCUT2D eigenvalue weighted by Crippen LogP contribution is -2.19. The Labute approximate surface area is 103 Å². The number of nitrogens with zero attached hydrogens (tertiary/aromatic N) is 1. The molecule has 1 aromatic rings. The second-order valence-electron chi connectivity index (χ2n) is 4.45.